The van der Waals surface area contributed by atoms with E-state index in [-0.39, 0.29) is 17.2 Å². The largest absolute Gasteiger partial charge is 0.508 e. The van der Waals surface area contributed by atoms with Crippen LogP contribution in [-0.4, -0.2) is 18.1 Å². The normalized spacial score (nSPS) is 10.3. The summed E-state index contributed by atoms with van der Waals surface area (Å²) in [5.74, 6) is -0.772. The summed E-state index contributed by atoms with van der Waals surface area (Å²) in [5, 5.41) is 9.39. The van der Waals surface area contributed by atoms with Gasteiger partial charge in [0, 0.05) is 24.4 Å². The molecule has 0 saturated carbocycles. The minimum Gasteiger partial charge on any atom is -0.508 e. The zero-order valence-corrected chi connectivity index (χ0v) is 11.7. The van der Waals surface area contributed by atoms with Crippen LogP contribution in [0.1, 0.15) is 10.4 Å². The Morgan fingerprint density at radius 1 is 1.26 bits per heavy atom. The topological polar surface area (TPSA) is 40.5 Å². The molecule has 3 nitrogen and oxygen atoms in total. The van der Waals surface area contributed by atoms with Gasteiger partial charge in [-0.3, -0.25) is 4.79 Å². The Labute approximate surface area is 118 Å². The third-order valence-corrected chi connectivity index (χ3v) is 3.33. The molecule has 0 radical (unpaired) electrons. The quantitative estimate of drug-likeness (QED) is 0.917. The van der Waals surface area contributed by atoms with Crippen LogP contribution >= 0.6 is 15.9 Å². The molecule has 0 aromatic heterocycles. The van der Waals surface area contributed by atoms with E-state index in [0.717, 1.165) is 0 Å². The van der Waals surface area contributed by atoms with Crippen molar-refractivity contribution in [1.29, 1.82) is 0 Å². The number of phenolic OH excluding ortho intramolecular Hbond substituents is 1. The number of hydrogen-bond acceptors (Lipinski definition) is 2. The molecular formula is C14H11BrFNO2. The number of benzene rings is 2. The highest BCUT2D eigenvalue weighted by Gasteiger charge is 2.15. The van der Waals surface area contributed by atoms with Crippen LogP contribution in [0.15, 0.2) is 46.9 Å². The molecule has 0 fully saturated rings. The highest BCUT2D eigenvalue weighted by Crippen LogP contribution is 2.22. The van der Waals surface area contributed by atoms with E-state index in [1.165, 1.54) is 35.2 Å². The highest BCUT2D eigenvalue weighted by atomic mass is 79.9. The second-order valence-electron chi connectivity index (χ2n) is 4.01. The molecule has 0 heterocycles. The van der Waals surface area contributed by atoms with Gasteiger partial charge in [0.2, 0.25) is 0 Å². The number of hydrogen-bond donors (Lipinski definition) is 1. The van der Waals surface area contributed by atoms with Crippen molar-refractivity contribution in [3.05, 3.63) is 58.3 Å². The Morgan fingerprint density at radius 3 is 2.63 bits per heavy atom. The lowest BCUT2D eigenvalue weighted by molar-refractivity contribution is 0.0992. The van der Waals surface area contributed by atoms with Crippen molar-refractivity contribution >= 4 is 27.5 Å². The molecule has 98 valence electrons. The van der Waals surface area contributed by atoms with E-state index in [0.29, 0.717) is 10.2 Å². The first-order valence-electron chi connectivity index (χ1n) is 5.51. The number of amides is 1. The van der Waals surface area contributed by atoms with Crippen molar-refractivity contribution in [2.75, 3.05) is 11.9 Å². The standard InChI is InChI=1S/C14H11BrFNO2/c1-17(10-3-2-4-11(18)8-10)14(19)9-5-6-12(15)13(16)7-9/h2-8,18H,1H3. The van der Waals surface area contributed by atoms with E-state index in [2.05, 4.69) is 15.9 Å². The van der Waals surface area contributed by atoms with Crippen molar-refractivity contribution in [3.63, 3.8) is 0 Å². The fraction of sp³-hybridized carbons (Fsp3) is 0.0714. The number of rotatable bonds is 2. The Kier molecular flexibility index (Phi) is 3.85. The maximum absolute atomic E-state index is 13.4. The van der Waals surface area contributed by atoms with E-state index in [1.54, 1.807) is 19.2 Å². The number of carbonyl (C=O) groups excluding carboxylic acids is 1. The average molecular weight is 324 g/mol. The molecule has 0 aliphatic heterocycles. The third-order valence-electron chi connectivity index (χ3n) is 2.69. The fourth-order valence-electron chi connectivity index (χ4n) is 1.64. The molecule has 1 amide bonds. The van der Waals surface area contributed by atoms with Gasteiger partial charge in [0.25, 0.3) is 5.91 Å². The van der Waals surface area contributed by atoms with E-state index < -0.39 is 5.82 Å². The first-order valence-corrected chi connectivity index (χ1v) is 6.30. The highest BCUT2D eigenvalue weighted by molar-refractivity contribution is 9.10. The molecule has 5 heteroatoms. The van der Waals surface area contributed by atoms with Crippen LogP contribution in [0.2, 0.25) is 0 Å². The van der Waals surface area contributed by atoms with Gasteiger partial charge in [0.1, 0.15) is 11.6 Å². The Balaban J connectivity index is 2.30. The molecule has 0 unspecified atom stereocenters. The van der Waals surface area contributed by atoms with Gasteiger partial charge in [0.05, 0.1) is 4.47 Å². The van der Waals surface area contributed by atoms with Gasteiger partial charge in [-0.1, -0.05) is 6.07 Å². The zero-order valence-electron chi connectivity index (χ0n) is 10.1. The third kappa shape index (κ3) is 2.93. The Hall–Kier alpha value is -1.88. The van der Waals surface area contributed by atoms with Crippen molar-refractivity contribution in [1.82, 2.24) is 0 Å². The van der Waals surface area contributed by atoms with Gasteiger partial charge in [0.15, 0.2) is 0 Å². The molecular weight excluding hydrogens is 313 g/mol. The summed E-state index contributed by atoms with van der Waals surface area (Å²) >= 11 is 3.04. The summed E-state index contributed by atoms with van der Waals surface area (Å²) in [4.78, 5) is 13.5. The molecule has 2 aromatic rings. The maximum Gasteiger partial charge on any atom is 0.258 e. The molecule has 0 atom stereocenters. The summed E-state index contributed by atoms with van der Waals surface area (Å²) in [6, 6.07) is 10.5. The van der Waals surface area contributed by atoms with Gasteiger partial charge < -0.3 is 10.0 Å². The molecule has 0 aliphatic carbocycles. The first-order chi connectivity index (χ1) is 8.99. The monoisotopic (exact) mass is 323 g/mol. The van der Waals surface area contributed by atoms with Crippen LogP contribution in [0.5, 0.6) is 5.75 Å². The second-order valence-corrected chi connectivity index (χ2v) is 4.87. The van der Waals surface area contributed by atoms with Gasteiger partial charge in [-0.25, -0.2) is 4.39 Å². The van der Waals surface area contributed by atoms with Crippen LogP contribution in [0, 0.1) is 5.82 Å². The van der Waals surface area contributed by atoms with Gasteiger partial charge in [-0.2, -0.15) is 0 Å². The van der Waals surface area contributed by atoms with E-state index in [4.69, 9.17) is 0 Å². The predicted octanol–water partition coefficient (Wildman–Crippen LogP) is 3.57. The summed E-state index contributed by atoms with van der Waals surface area (Å²) < 4.78 is 13.7. The smallest absolute Gasteiger partial charge is 0.258 e. The molecule has 19 heavy (non-hydrogen) atoms. The second kappa shape index (κ2) is 5.40. The fourth-order valence-corrected chi connectivity index (χ4v) is 1.89. The van der Waals surface area contributed by atoms with Gasteiger partial charge >= 0.3 is 0 Å². The van der Waals surface area contributed by atoms with Crippen LogP contribution < -0.4 is 4.90 Å². The predicted molar refractivity (Wildman–Crippen MR) is 74.9 cm³/mol. The van der Waals surface area contributed by atoms with Gasteiger partial charge in [-0.05, 0) is 46.3 Å². The summed E-state index contributed by atoms with van der Waals surface area (Å²) in [7, 11) is 1.57. The minimum atomic E-state index is -0.491. The number of phenols is 1. The lowest BCUT2D eigenvalue weighted by atomic mass is 10.2. The SMILES string of the molecule is CN(C(=O)c1ccc(Br)c(F)c1)c1cccc(O)c1. The number of anilines is 1. The van der Waals surface area contributed by atoms with Crippen molar-refractivity contribution in [3.8, 4) is 5.75 Å². The van der Waals surface area contributed by atoms with Crippen LogP contribution in [0.25, 0.3) is 0 Å². The van der Waals surface area contributed by atoms with Crippen LogP contribution in [0.4, 0.5) is 10.1 Å². The number of halogens is 2. The number of nitrogens with zero attached hydrogens (tertiary/aromatic N) is 1. The molecule has 0 bridgehead atoms. The number of aromatic hydroxyl groups is 1. The molecule has 2 rings (SSSR count). The molecule has 1 N–H and O–H groups in total. The lowest BCUT2D eigenvalue weighted by Crippen LogP contribution is -2.26. The molecule has 0 saturated heterocycles. The molecule has 0 spiro atoms. The van der Waals surface area contributed by atoms with Crippen molar-refractivity contribution in [2.45, 2.75) is 0 Å². The summed E-state index contributed by atoms with van der Waals surface area (Å²) in [5.41, 5.74) is 0.778. The van der Waals surface area contributed by atoms with E-state index in [9.17, 15) is 14.3 Å². The molecule has 2 aromatic carbocycles. The van der Waals surface area contributed by atoms with E-state index >= 15 is 0 Å². The summed E-state index contributed by atoms with van der Waals surface area (Å²) in [6.45, 7) is 0. The van der Waals surface area contributed by atoms with Crippen LogP contribution in [-0.2, 0) is 0 Å². The zero-order chi connectivity index (χ0) is 14.0. The average Bonchev–Trinajstić information content (AvgIpc) is 2.40. The van der Waals surface area contributed by atoms with E-state index in [1.807, 2.05) is 0 Å². The first kappa shape index (κ1) is 13.5. The Bertz CT molecular complexity index is 631. The molecule has 0 aliphatic rings. The maximum atomic E-state index is 13.4. The van der Waals surface area contributed by atoms with Crippen LogP contribution in [0.3, 0.4) is 0 Å². The lowest BCUT2D eigenvalue weighted by Gasteiger charge is -2.17. The Morgan fingerprint density at radius 2 is 2.00 bits per heavy atom. The van der Waals surface area contributed by atoms with Crippen molar-refractivity contribution < 1.29 is 14.3 Å². The van der Waals surface area contributed by atoms with Crippen molar-refractivity contribution in [2.24, 2.45) is 0 Å². The number of carbonyl (C=O) groups is 1. The minimum absolute atomic E-state index is 0.0686. The van der Waals surface area contributed by atoms with Gasteiger partial charge in [-0.15, -0.1) is 0 Å². The summed E-state index contributed by atoms with van der Waals surface area (Å²) in [6.07, 6.45) is 0.